The molecule has 0 saturated carbocycles. The molecule has 2 aromatic carbocycles. The van der Waals surface area contributed by atoms with Gasteiger partial charge in [-0.05, 0) is 54.3 Å². The summed E-state index contributed by atoms with van der Waals surface area (Å²) in [6.45, 7) is 6.28. The van der Waals surface area contributed by atoms with Gasteiger partial charge in [0.05, 0.1) is 19.4 Å². The number of hydrogen-bond donors (Lipinski definition) is 2. The minimum atomic E-state index is -0.253. The molecule has 3 rings (SSSR count). The fourth-order valence-electron chi connectivity index (χ4n) is 3.24. The van der Waals surface area contributed by atoms with Crippen molar-refractivity contribution in [2.75, 3.05) is 24.8 Å². The van der Waals surface area contributed by atoms with E-state index >= 15 is 0 Å². The molecule has 0 atom stereocenters. The van der Waals surface area contributed by atoms with Crippen molar-refractivity contribution >= 4 is 29.3 Å². The number of methoxy groups -OCH3 is 1. The van der Waals surface area contributed by atoms with Gasteiger partial charge < -0.3 is 24.7 Å². The van der Waals surface area contributed by atoms with Gasteiger partial charge in [0.2, 0.25) is 5.91 Å². The highest BCUT2D eigenvalue weighted by molar-refractivity contribution is 7.99. The Kier molecular flexibility index (Phi) is 9.13. The zero-order valence-corrected chi connectivity index (χ0v) is 21.4. The lowest BCUT2D eigenvalue weighted by atomic mass is 10.0. The highest BCUT2D eigenvalue weighted by atomic mass is 32.2. The van der Waals surface area contributed by atoms with Gasteiger partial charge in [0.25, 0.3) is 5.91 Å². The molecule has 0 fully saturated rings. The maximum atomic E-state index is 12.3. The molecular formula is C25H31N5O4S. The van der Waals surface area contributed by atoms with Gasteiger partial charge in [-0.25, -0.2) is 0 Å². The van der Waals surface area contributed by atoms with E-state index in [1.54, 1.807) is 43.0 Å². The number of anilines is 1. The van der Waals surface area contributed by atoms with Crippen molar-refractivity contribution in [3.8, 4) is 11.5 Å². The Labute approximate surface area is 209 Å². The number of carbonyl (C=O) groups is 2. The molecule has 186 valence electrons. The summed E-state index contributed by atoms with van der Waals surface area (Å²) in [5, 5.41) is 14.5. The van der Waals surface area contributed by atoms with Crippen molar-refractivity contribution in [1.29, 1.82) is 0 Å². The highest BCUT2D eigenvalue weighted by Crippen LogP contribution is 2.27. The molecule has 2 N–H and O–H groups in total. The van der Waals surface area contributed by atoms with Crippen molar-refractivity contribution in [1.82, 2.24) is 20.1 Å². The first-order chi connectivity index (χ1) is 16.8. The van der Waals surface area contributed by atoms with Crippen LogP contribution in [0.15, 0.2) is 47.6 Å². The first kappa shape index (κ1) is 26.1. The SMILES string of the molecule is COc1ccc(NC(=O)CSc2nnc(CNC(=O)COc3cc(C)ccc3C(C)C)n2C)cc1. The molecule has 9 nitrogen and oxygen atoms in total. The number of aryl methyl sites for hydroxylation is 1. The molecule has 0 radical (unpaired) electrons. The Balaban J connectivity index is 1.46. The number of amides is 2. The predicted molar refractivity (Wildman–Crippen MR) is 136 cm³/mol. The number of hydrogen-bond acceptors (Lipinski definition) is 7. The number of benzene rings is 2. The summed E-state index contributed by atoms with van der Waals surface area (Å²) in [6, 6.07) is 13.1. The maximum Gasteiger partial charge on any atom is 0.258 e. The van der Waals surface area contributed by atoms with Crippen molar-refractivity contribution in [2.45, 2.75) is 38.4 Å². The van der Waals surface area contributed by atoms with Crippen LogP contribution in [-0.4, -0.2) is 46.0 Å². The smallest absolute Gasteiger partial charge is 0.258 e. The van der Waals surface area contributed by atoms with E-state index in [1.807, 2.05) is 25.1 Å². The van der Waals surface area contributed by atoms with E-state index in [-0.39, 0.29) is 30.7 Å². The van der Waals surface area contributed by atoms with Crippen molar-refractivity contribution in [3.63, 3.8) is 0 Å². The number of thioether (sulfide) groups is 1. The monoisotopic (exact) mass is 497 g/mol. The maximum absolute atomic E-state index is 12.3. The van der Waals surface area contributed by atoms with Gasteiger partial charge in [0.1, 0.15) is 11.5 Å². The molecule has 1 aromatic heterocycles. The van der Waals surface area contributed by atoms with E-state index in [4.69, 9.17) is 9.47 Å². The standard InChI is InChI=1S/C25H31N5O4S/c1-16(2)20-11-6-17(3)12-21(20)34-14-23(31)26-13-22-28-29-25(30(22)4)35-15-24(32)27-18-7-9-19(33-5)10-8-18/h6-12,16H,13-15H2,1-5H3,(H,26,31)(H,27,32). The number of aromatic nitrogens is 3. The number of rotatable bonds is 11. The molecule has 1 heterocycles. The molecule has 0 aliphatic heterocycles. The van der Waals surface area contributed by atoms with Gasteiger partial charge >= 0.3 is 0 Å². The van der Waals surface area contributed by atoms with Crippen LogP contribution in [-0.2, 0) is 23.2 Å². The molecule has 0 saturated heterocycles. The average molecular weight is 498 g/mol. The Bertz CT molecular complexity index is 1160. The fourth-order valence-corrected chi connectivity index (χ4v) is 3.97. The van der Waals surface area contributed by atoms with Gasteiger partial charge in [-0.1, -0.05) is 37.7 Å². The Morgan fingerprint density at radius 1 is 1.09 bits per heavy atom. The second-order valence-electron chi connectivity index (χ2n) is 8.28. The summed E-state index contributed by atoms with van der Waals surface area (Å²) in [7, 11) is 3.38. The van der Waals surface area contributed by atoms with Crippen LogP contribution in [0.1, 0.15) is 36.7 Å². The molecule has 3 aromatic rings. The van der Waals surface area contributed by atoms with Crippen LogP contribution < -0.4 is 20.1 Å². The second kappa shape index (κ2) is 12.3. The molecule has 0 bridgehead atoms. The summed E-state index contributed by atoms with van der Waals surface area (Å²) >= 11 is 1.27. The van der Waals surface area contributed by atoms with Gasteiger partial charge in [0.15, 0.2) is 17.6 Å². The van der Waals surface area contributed by atoms with Crippen molar-refractivity contribution in [3.05, 3.63) is 59.4 Å². The van der Waals surface area contributed by atoms with Crippen LogP contribution in [0.5, 0.6) is 11.5 Å². The highest BCUT2D eigenvalue weighted by Gasteiger charge is 2.14. The Hall–Kier alpha value is -3.53. The molecule has 10 heteroatoms. The first-order valence-corrected chi connectivity index (χ1v) is 12.2. The average Bonchev–Trinajstić information content (AvgIpc) is 3.19. The van der Waals surface area contributed by atoms with E-state index in [0.29, 0.717) is 22.6 Å². The van der Waals surface area contributed by atoms with E-state index in [9.17, 15) is 9.59 Å². The van der Waals surface area contributed by atoms with E-state index in [1.165, 1.54) is 11.8 Å². The zero-order valence-electron chi connectivity index (χ0n) is 20.6. The van der Waals surface area contributed by atoms with Crippen LogP contribution >= 0.6 is 11.8 Å². The molecule has 0 unspecified atom stereocenters. The molecule has 0 aliphatic carbocycles. The lowest BCUT2D eigenvalue weighted by Gasteiger charge is -2.14. The second-order valence-corrected chi connectivity index (χ2v) is 9.23. The van der Waals surface area contributed by atoms with Gasteiger partial charge in [-0.2, -0.15) is 0 Å². The molecule has 0 spiro atoms. The van der Waals surface area contributed by atoms with E-state index in [0.717, 1.165) is 22.6 Å². The molecule has 2 amide bonds. The topological polar surface area (TPSA) is 107 Å². The third-order valence-electron chi connectivity index (χ3n) is 5.22. The number of carbonyl (C=O) groups excluding carboxylic acids is 2. The van der Waals surface area contributed by atoms with Crippen LogP contribution in [0.25, 0.3) is 0 Å². The summed E-state index contributed by atoms with van der Waals surface area (Å²) in [6.07, 6.45) is 0. The molecule has 35 heavy (non-hydrogen) atoms. The number of ether oxygens (including phenoxy) is 2. The predicted octanol–water partition coefficient (Wildman–Crippen LogP) is 3.68. The lowest BCUT2D eigenvalue weighted by molar-refractivity contribution is -0.123. The van der Waals surface area contributed by atoms with Gasteiger partial charge in [-0.15, -0.1) is 10.2 Å². The fraction of sp³-hybridized carbons (Fsp3) is 0.360. The van der Waals surface area contributed by atoms with Crippen LogP contribution in [0, 0.1) is 6.92 Å². The Morgan fingerprint density at radius 2 is 1.83 bits per heavy atom. The lowest BCUT2D eigenvalue weighted by Crippen LogP contribution is -2.29. The quantitative estimate of drug-likeness (QED) is 0.389. The van der Waals surface area contributed by atoms with E-state index in [2.05, 4.69) is 34.7 Å². The van der Waals surface area contributed by atoms with Crippen molar-refractivity contribution in [2.24, 2.45) is 7.05 Å². The summed E-state index contributed by atoms with van der Waals surface area (Å²) in [4.78, 5) is 24.6. The third kappa shape index (κ3) is 7.48. The van der Waals surface area contributed by atoms with Gasteiger partial charge in [-0.3, -0.25) is 9.59 Å². The van der Waals surface area contributed by atoms with Gasteiger partial charge in [0, 0.05) is 12.7 Å². The summed E-state index contributed by atoms with van der Waals surface area (Å²) in [5.41, 5.74) is 2.83. The normalized spacial score (nSPS) is 10.8. The minimum Gasteiger partial charge on any atom is -0.497 e. The van der Waals surface area contributed by atoms with E-state index < -0.39 is 0 Å². The third-order valence-corrected chi connectivity index (χ3v) is 6.24. The number of nitrogens with one attached hydrogen (secondary N) is 2. The largest absolute Gasteiger partial charge is 0.497 e. The van der Waals surface area contributed by atoms with Crippen LogP contribution in [0.2, 0.25) is 0 Å². The van der Waals surface area contributed by atoms with Crippen LogP contribution in [0.4, 0.5) is 5.69 Å². The zero-order chi connectivity index (χ0) is 25.4. The molecule has 0 aliphatic rings. The Morgan fingerprint density at radius 3 is 2.51 bits per heavy atom. The van der Waals surface area contributed by atoms with Crippen molar-refractivity contribution < 1.29 is 19.1 Å². The number of nitrogens with zero attached hydrogens (tertiary/aromatic N) is 3. The minimum absolute atomic E-state index is 0.0891. The van der Waals surface area contributed by atoms with Crippen LogP contribution in [0.3, 0.4) is 0 Å². The summed E-state index contributed by atoms with van der Waals surface area (Å²) in [5.74, 6) is 2.08. The first-order valence-electron chi connectivity index (χ1n) is 11.2. The summed E-state index contributed by atoms with van der Waals surface area (Å²) < 4.78 is 12.6. The molecular weight excluding hydrogens is 466 g/mol.